The summed E-state index contributed by atoms with van der Waals surface area (Å²) in [4.78, 5) is 70.3. The van der Waals surface area contributed by atoms with E-state index in [1.165, 1.54) is 0 Å². The Hall–Kier alpha value is -7.18. The van der Waals surface area contributed by atoms with Gasteiger partial charge in [0.2, 0.25) is 5.91 Å². The maximum absolute atomic E-state index is 13.3. The van der Waals surface area contributed by atoms with E-state index < -0.39 is 0 Å². The van der Waals surface area contributed by atoms with E-state index in [9.17, 15) is 19.2 Å². The molecule has 2 aliphatic rings. The number of H-pyrrole nitrogens is 1. The Bertz CT molecular complexity index is 2770. The molecule has 2 aromatic carbocycles. The lowest BCUT2D eigenvalue weighted by molar-refractivity contribution is -0.131. The summed E-state index contributed by atoms with van der Waals surface area (Å²) < 4.78 is 12.8. The van der Waals surface area contributed by atoms with Gasteiger partial charge in [-0.1, -0.05) is 30.3 Å². The van der Waals surface area contributed by atoms with Gasteiger partial charge in [-0.05, 0) is 79.8 Å². The number of piperidine rings is 1. The summed E-state index contributed by atoms with van der Waals surface area (Å²) >= 11 is 0. The number of aryl methyl sites for hydroxylation is 1. The Morgan fingerprint density at radius 2 is 1.74 bits per heavy atom. The Balaban J connectivity index is 0.721. The van der Waals surface area contributed by atoms with Crippen LogP contribution in [0, 0.1) is 0 Å². The molecule has 362 valence electrons. The van der Waals surface area contributed by atoms with Crippen molar-refractivity contribution in [2.75, 3.05) is 77.5 Å². The van der Waals surface area contributed by atoms with Gasteiger partial charge in [-0.2, -0.15) is 0 Å². The Labute approximate surface area is 401 Å². The third kappa shape index (κ3) is 12.7. The zero-order valence-electron chi connectivity index (χ0n) is 39.7. The minimum atomic E-state index is -0.268. The average molecular weight is 939 g/mol. The number of likely N-dealkylation sites (tertiary alicyclic amines) is 1. The van der Waals surface area contributed by atoms with Crippen molar-refractivity contribution in [3.8, 4) is 11.5 Å². The Morgan fingerprint density at radius 3 is 2.54 bits per heavy atom. The molecule has 6 heterocycles. The molecule has 69 heavy (non-hydrogen) atoms. The van der Waals surface area contributed by atoms with E-state index in [0.29, 0.717) is 70.0 Å². The summed E-state index contributed by atoms with van der Waals surface area (Å²) in [6, 6.07) is 20.9. The summed E-state index contributed by atoms with van der Waals surface area (Å²) in [7, 11) is 1.62. The van der Waals surface area contributed by atoms with Gasteiger partial charge >= 0.3 is 0 Å². The van der Waals surface area contributed by atoms with Crippen molar-refractivity contribution >= 4 is 34.4 Å². The van der Waals surface area contributed by atoms with Crippen LogP contribution in [0.15, 0.2) is 90.1 Å². The number of piperazine rings is 1. The fraction of sp³-hybridized carbons (Fsp3) is 0.412. The van der Waals surface area contributed by atoms with Gasteiger partial charge in [0, 0.05) is 113 Å². The number of hydrogen-bond acceptors (Lipinski definition) is 13. The van der Waals surface area contributed by atoms with Gasteiger partial charge in [0.1, 0.15) is 17.2 Å². The number of nitrogens with one attached hydrogen (secondary N) is 4. The SMILES string of the molecule is CCOc1cc(OC)ccc1CNCC(=O)N1CCCC(c2cccc(C(=O)NCCc3cn(CCNC(=O)c4ccc(N5CCN(Cc6cnc7cc(CC)c(=O)[nH]c7c6)CC5)cn4)nn3)c2)C1. The van der Waals surface area contributed by atoms with Gasteiger partial charge < -0.3 is 40.2 Å². The molecule has 1 atom stereocenters. The zero-order chi connectivity index (χ0) is 48.1. The summed E-state index contributed by atoms with van der Waals surface area (Å²) in [5.74, 6) is 1.19. The Morgan fingerprint density at radius 1 is 0.884 bits per heavy atom. The van der Waals surface area contributed by atoms with Crippen LogP contribution in [-0.4, -0.2) is 130 Å². The maximum Gasteiger partial charge on any atom is 0.269 e. The van der Waals surface area contributed by atoms with Gasteiger partial charge in [0.05, 0.1) is 55.4 Å². The third-order valence-corrected chi connectivity index (χ3v) is 12.8. The number of aromatic nitrogens is 6. The number of anilines is 1. The van der Waals surface area contributed by atoms with Crippen molar-refractivity contribution in [3.05, 3.63) is 135 Å². The second kappa shape index (κ2) is 23.2. The molecule has 2 fully saturated rings. The standard InChI is InChI=1S/C51H62N12O6/c1-4-36-26-45-46(57-50(36)66)24-35(28-55-45)32-60-20-22-61(23-21-60)42-12-14-44(56-30-42)51(67)54-17-19-63-34-41(58-59-63)15-16-53-49(65)38-9-6-8-37(25-38)40-10-7-18-62(33-40)48(64)31-52-29-39-11-13-43(68-3)27-47(39)69-5-2/h6,8-9,11-14,24-28,30,34,40,52H,4-5,7,10,15-23,29,31-33H2,1-3H3,(H,53,65)(H,54,67)(H,57,66). The average Bonchev–Trinajstić information content (AvgIpc) is 3.84. The molecule has 0 saturated carbocycles. The number of pyridine rings is 3. The number of aromatic amines is 1. The van der Waals surface area contributed by atoms with Crippen LogP contribution in [0.3, 0.4) is 0 Å². The highest BCUT2D eigenvalue weighted by atomic mass is 16.5. The molecule has 2 saturated heterocycles. The molecular formula is C51H62N12O6. The predicted molar refractivity (Wildman–Crippen MR) is 263 cm³/mol. The topological polar surface area (TPSA) is 205 Å². The second-order valence-electron chi connectivity index (χ2n) is 17.5. The first kappa shape index (κ1) is 48.3. The molecule has 18 heteroatoms. The van der Waals surface area contributed by atoms with Crippen molar-refractivity contribution in [1.29, 1.82) is 0 Å². The van der Waals surface area contributed by atoms with Crippen LogP contribution in [0.4, 0.5) is 5.69 Å². The van der Waals surface area contributed by atoms with Gasteiger partial charge in [0.15, 0.2) is 0 Å². The number of carbonyl (C=O) groups is 3. The number of benzene rings is 2. The molecule has 4 aromatic heterocycles. The molecule has 4 N–H and O–H groups in total. The van der Waals surface area contributed by atoms with Crippen LogP contribution in [-0.2, 0) is 37.3 Å². The molecular weight excluding hydrogens is 877 g/mol. The molecule has 0 spiro atoms. The highest BCUT2D eigenvalue weighted by Crippen LogP contribution is 2.28. The minimum absolute atomic E-state index is 0.0445. The van der Waals surface area contributed by atoms with Crippen LogP contribution in [0.5, 0.6) is 11.5 Å². The fourth-order valence-electron chi connectivity index (χ4n) is 8.91. The second-order valence-corrected chi connectivity index (χ2v) is 17.5. The molecule has 0 radical (unpaired) electrons. The first-order valence-corrected chi connectivity index (χ1v) is 23.9. The molecule has 18 nitrogen and oxygen atoms in total. The van der Waals surface area contributed by atoms with E-state index in [1.807, 2.05) is 91.8 Å². The monoisotopic (exact) mass is 938 g/mol. The molecule has 6 aromatic rings. The number of rotatable bonds is 20. The number of nitrogens with zero attached hydrogens (tertiary/aromatic N) is 8. The van der Waals surface area contributed by atoms with E-state index in [-0.39, 0.29) is 35.7 Å². The summed E-state index contributed by atoms with van der Waals surface area (Å²) in [6.45, 7) is 11.7. The smallest absolute Gasteiger partial charge is 0.269 e. The molecule has 0 bridgehead atoms. The lowest BCUT2D eigenvalue weighted by Crippen LogP contribution is -2.46. The van der Waals surface area contributed by atoms with Crippen molar-refractivity contribution in [3.63, 3.8) is 0 Å². The van der Waals surface area contributed by atoms with Crippen molar-refractivity contribution in [2.24, 2.45) is 0 Å². The van der Waals surface area contributed by atoms with E-state index >= 15 is 0 Å². The number of ether oxygens (including phenoxy) is 2. The highest BCUT2D eigenvalue weighted by Gasteiger charge is 2.26. The van der Waals surface area contributed by atoms with Crippen molar-refractivity contribution in [2.45, 2.75) is 65.1 Å². The lowest BCUT2D eigenvalue weighted by atomic mass is 9.89. The number of carbonyl (C=O) groups excluding carboxylic acids is 3. The number of amides is 3. The normalized spacial score (nSPS) is 15.3. The minimum Gasteiger partial charge on any atom is -0.497 e. The molecule has 0 aliphatic carbocycles. The first-order valence-electron chi connectivity index (χ1n) is 23.9. The van der Waals surface area contributed by atoms with E-state index in [0.717, 1.165) is 102 Å². The molecule has 2 aliphatic heterocycles. The van der Waals surface area contributed by atoms with Gasteiger partial charge in [-0.15, -0.1) is 5.10 Å². The van der Waals surface area contributed by atoms with E-state index in [2.05, 4.69) is 51.0 Å². The lowest BCUT2D eigenvalue weighted by Gasteiger charge is -2.36. The third-order valence-electron chi connectivity index (χ3n) is 12.8. The van der Waals surface area contributed by atoms with Crippen molar-refractivity contribution in [1.82, 2.24) is 55.7 Å². The van der Waals surface area contributed by atoms with E-state index in [1.54, 1.807) is 24.1 Å². The van der Waals surface area contributed by atoms with Crippen LogP contribution >= 0.6 is 0 Å². The Kier molecular flexibility index (Phi) is 16.2. The van der Waals surface area contributed by atoms with Gasteiger partial charge in [-0.3, -0.25) is 33.7 Å². The van der Waals surface area contributed by atoms with Crippen LogP contribution in [0.2, 0.25) is 0 Å². The quantitative estimate of drug-likeness (QED) is 0.0853. The molecule has 1 unspecified atom stereocenters. The first-order chi connectivity index (χ1) is 33.7. The number of fused-ring (bicyclic) bond motifs is 1. The molecule has 3 amide bonds. The maximum atomic E-state index is 13.3. The van der Waals surface area contributed by atoms with Crippen molar-refractivity contribution < 1.29 is 23.9 Å². The summed E-state index contributed by atoms with van der Waals surface area (Å²) in [6.07, 6.45) is 8.44. The van der Waals surface area contributed by atoms with Gasteiger partial charge in [-0.25, -0.2) is 4.98 Å². The van der Waals surface area contributed by atoms with Gasteiger partial charge in [0.25, 0.3) is 17.4 Å². The van der Waals surface area contributed by atoms with Crippen LogP contribution < -0.4 is 35.9 Å². The number of methoxy groups -OCH3 is 1. The van der Waals surface area contributed by atoms with E-state index in [4.69, 9.17) is 9.47 Å². The molecule has 8 rings (SSSR count). The van der Waals surface area contributed by atoms with Crippen LogP contribution in [0.1, 0.15) is 81.4 Å². The predicted octanol–water partition coefficient (Wildman–Crippen LogP) is 4.10. The summed E-state index contributed by atoms with van der Waals surface area (Å²) in [5, 5.41) is 17.7. The highest BCUT2D eigenvalue weighted by molar-refractivity contribution is 5.94. The fourth-order valence-corrected chi connectivity index (χ4v) is 8.91. The summed E-state index contributed by atoms with van der Waals surface area (Å²) in [5.41, 5.74) is 7.90. The zero-order valence-corrected chi connectivity index (χ0v) is 39.7. The number of hydrogen-bond donors (Lipinski definition) is 4. The largest absolute Gasteiger partial charge is 0.497 e. The van der Waals surface area contributed by atoms with Crippen LogP contribution in [0.25, 0.3) is 11.0 Å².